The molecular formula is C20H28O6. The molecule has 0 amide bonds. The zero-order chi connectivity index (χ0) is 18.4. The molecule has 2 fully saturated rings. The largest absolute Gasteiger partial charge is 0.368 e. The second-order valence-corrected chi connectivity index (χ2v) is 8.05. The molecule has 0 spiro atoms. The van der Waals surface area contributed by atoms with E-state index < -0.39 is 11.6 Å². The standard InChI is InChI=1S/C20H28O6/c1-19(2)23-11-15(25-19)17-18(16-12-24-20(3,4)26-16)22-10-14-8-6-5-7-13(14)9-21-17/h5-8,15-18H,9-12H2,1-4H3/t15-,16-,17+,18+/m1/s1. The first kappa shape index (κ1) is 18.3. The van der Waals surface area contributed by atoms with Crippen LogP contribution in [0.5, 0.6) is 0 Å². The summed E-state index contributed by atoms with van der Waals surface area (Å²) in [6.45, 7) is 9.62. The highest BCUT2D eigenvalue weighted by Crippen LogP contribution is 2.34. The van der Waals surface area contributed by atoms with Gasteiger partial charge in [-0.15, -0.1) is 0 Å². The van der Waals surface area contributed by atoms with E-state index in [0.717, 1.165) is 11.1 Å². The average Bonchev–Trinajstić information content (AvgIpc) is 3.10. The summed E-state index contributed by atoms with van der Waals surface area (Å²) in [4.78, 5) is 0. The predicted molar refractivity (Wildman–Crippen MR) is 93.4 cm³/mol. The molecule has 6 nitrogen and oxygen atoms in total. The van der Waals surface area contributed by atoms with Crippen molar-refractivity contribution in [3.8, 4) is 0 Å². The maximum absolute atomic E-state index is 6.31. The Balaban J connectivity index is 1.59. The van der Waals surface area contributed by atoms with Crippen LogP contribution in [-0.4, -0.2) is 49.2 Å². The van der Waals surface area contributed by atoms with Crippen molar-refractivity contribution >= 4 is 0 Å². The normalized spacial score (nSPS) is 36.3. The Morgan fingerprint density at radius 3 is 1.50 bits per heavy atom. The second kappa shape index (κ2) is 6.86. The molecular weight excluding hydrogens is 336 g/mol. The van der Waals surface area contributed by atoms with E-state index in [1.165, 1.54) is 0 Å². The molecule has 3 aliphatic heterocycles. The minimum absolute atomic E-state index is 0.215. The van der Waals surface area contributed by atoms with Crippen molar-refractivity contribution < 1.29 is 28.4 Å². The van der Waals surface area contributed by atoms with Crippen molar-refractivity contribution in [1.82, 2.24) is 0 Å². The predicted octanol–water partition coefficient (Wildman–Crippen LogP) is 2.77. The van der Waals surface area contributed by atoms with E-state index in [4.69, 9.17) is 28.4 Å². The topological polar surface area (TPSA) is 55.4 Å². The van der Waals surface area contributed by atoms with Gasteiger partial charge in [0.25, 0.3) is 0 Å². The first-order valence-corrected chi connectivity index (χ1v) is 9.26. The lowest BCUT2D eigenvalue weighted by Gasteiger charge is -2.36. The molecule has 3 aliphatic rings. The monoisotopic (exact) mass is 364 g/mol. The van der Waals surface area contributed by atoms with E-state index in [1.54, 1.807) is 0 Å². The Labute approximate surface area is 154 Å². The summed E-state index contributed by atoms with van der Waals surface area (Å²) >= 11 is 0. The van der Waals surface area contributed by atoms with Crippen LogP contribution in [0.2, 0.25) is 0 Å². The third kappa shape index (κ3) is 3.81. The van der Waals surface area contributed by atoms with Gasteiger partial charge in [-0.1, -0.05) is 24.3 Å². The van der Waals surface area contributed by atoms with E-state index in [1.807, 2.05) is 39.8 Å². The van der Waals surface area contributed by atoms with Crippen LogP contribution in [0.15, 0.2) is 24.3 Å². The minimum Gasteiger partial charge on any atom is -0.368 e. The van der Waals surface area contributed by atoms with Crippen LogP contribution >= 0.6 is 0 Å². The molecule has 1 aromatic rings. The molecule has 0 saturated carbocycles. The van der Waals surface area contributed by atoms with Gasteiger partial charge in [0.1, 0.15) is 24.4 Å². The quantitative estimate of drug-likeness (QED) is 0.804. The molecule has 4 rings (SSSR count). The Morgan fingerprint density at radius 2 is 1.15 bits per heavy atom. The second-order valence-electron chi connectivity index (χ2n) is 8.05. The summed E-state index contributed by atoms with van der Waals surface area (Å²) in [7, 11) is 0. The summed E-state index contributed by atoms with van der Waals surface area (Å²) < 4.78 is 36.3. The molecule has 0 N–H and O–H groups in total. The fraction of sp³-hybridized carbons (Fsp3) is 0.700. The van der Waals surface area contributed by atoms with Crippen molar-refractivity contribution in [2.24, 2.45) is 0 Å². The lowest BCUT2D eigenvalue weighted by molar-refractivity contribution is -0.211. The lowest BCUT2D eigenvalue weighted by Crippen LogP contribution is -2.50. The zero-order valence-electron chi connectivity index (χ0n) is 15.9. The highest BCUT2D eigenvalue weighted by Gasteiger charge is 2.48. The molecule has 1 aromatic carbocycles. The Hall–Kier alpha value is -1.02. The summed E-state index contributed by atoms with van der Waals surface area (Å²) in [5.41, 5.74) is 2.27. The molecule has 0 unspecified atom stereocenters. The van der Waals surface area contributed by atoms with Crippen LogP contribution in [0.3, 0.4) is 0 Å². The maximum Gasteiger partial charge on any atom is 0.163 e. The van der Waals surface area contributed by atoms with Crippen LogP contribution in [0, 0.1) is 0 Å². The Morgan fingerprint density at radius 1 is 0.731 bits per heavy atom. The molecule has 4 atom stereocenters. The Bertz CT molecular complexity index is 588. The van der Waals surface area contributed by atoms with Crippen LogP contribution in [0.1, 0.15) is 38.8 Å². The molecule has 6 heteroatoms. The van der Waals surface area contributed by atoms with Crippen molar-refractivity contribution in [2.45, 2.75) is 76.9 Å². The summed E-state index contributed by atoms with van der Waals surface area (Å²) in [6.07, 6.45) is -1.03. The SMILES string of the molecule is CC1(C)OC[C@H]([C@@H]2OCc3ccccc3CO[C@H]2[C@H]2COC(C)(C)O2)O1. The summed E-state index contributed by atoms with van der Waals surface area (Å²) in [5.74, 6) is -1.24. The van der Waals surface area contributed by atoms with Gasteiger partial charge in [0.15, 0.2) is 11.6 Å². The fourth-order valence-corrected chi connectivity index (χ4v) is 3.79. The van der Waals surface area contributed by atoms with Gasteiger partial charge in [-0.05, 0) is 38.8 Å². The molecule has 3 heterocycles. The fourth-order valence-electron chi connectivity index (χ4n) is 3.79. The van der Waals surface area contributed by atoms with Gasteiger partial charge in [0.2, 0.25) is 0 Å². The van der Waals surface area contributed by atoms with Crippen LogP contribution in [0.4, 0.5) is 0 Å². The molecule has 0 aliphatic carbocycles. The molecule has 0 radical (unpaired) electrons. The van der Waals surface area contributed by atoms with E-state index in [2.05, 4.69) is 12.1 Å². The zero-order valence-corrected chi connectivity index (χ0v) is 15.9. The molecule has 26 heavy (non-hydrogen) atoms. The molecule has 2 saturated heterocycles. The maximum atomic E-state index is 6.31. The van der Waals surface area contributed by atoms with Crippen LogP contribution in [-0.2, 0) is 41.6 Å². The number of rotatable bonds is 2. The van der Waals surface area contributed by atoms with Crippen molar-refractivity contribution in [1.29, 1.82) is 0 Å². The van der Waals surface area contributed by atoms with Gasteiger partial charge in [-0.3, -0.25) is 0 Å². The number of ether oxygens (including phenoxy) is 6. The third-order valence-electron chi connectivity index (χ3n) is 5.10. The van der Waals surface area contributed by atoms with Crippen LogP contribution in [0.25, 0.3) is 0 Å². The summed E-state index contributed by atoms with van der Waals surface area (Å²) in [6, 6.07) is 8.19. The van der Waals surface area contributed by atoms with Gasteiger partial charge < -0.3 is 28.4 Å². The average molecular weight is 364 g/mol. The van der Waals surface area contributed by atoms with Crippen molar-refractivity contribution in [2.75, 3.05) is 13.2 Å². The van der Waals surface area contributed by atoms with Gasteiger partial charge in [-0.2, -0.15) is 0 Å². The van der Waals surface area contributed by atoms with Gasteiger partial charge in [-0.25, -0.2) is 0 Å². The van der Waals surface area contributed by atoms with E-state index in [-0.39, 0.29) is 24.4 Å². The Kier molecular flexibility index (Phi) is 4.84. The first-order chi connectivity index (χ1) is 12.3. The molecule has 0 bridgehead atoms. The number of hydrogen-bond donors (Lipinski definition) is 0. The number of hydrogen-bond acceptors (Lipinski definition) is 6. The van der Waals surface area contributed by atoms with Gasteiger partial charge >= 0.3 is 0 Å². The summed E-state index contributed by atoms with van der Waals surface area (Å²) in [5, 5.41) is 0. The first-order valence-electron chi connectivity index (χ1n) is 9.26. The lowest BCUT2D eigenvalue weighted by atomic mass is 10.0. The third-order valence-corrected chi connectivity index (χ3v) is 5.10. The molecule has 0 aromatic heterocycles. The minimum atomic E-state index is -0.620. The van der Waals surface area contributed by atoms with Gasteiger partial charge in [0, 0.05) is 0 Å². The smallest absolute Gasteiger partial charge is 0.163 e. The van der Waals surface area contributed by atoms with E-state index in [0.29, 0.717) is 26.4 Å². The van der Waals surface area contributed by atoms with Crippen molar-refractivity contribution in [3.05, 3.63) is 35.4 Å². The number of benzene rings is 1. The van der Waals surface area contributed by atoms with E-state index in [9.17, 15) is 0 Å². The van der Waals surface area contributed by atoms with Crippen LogP contribution < -0.4 is 0 Å². The molecule has 144 valence electrons. The highest BCUT2D eigenvalue weighted by molar-refractivity contribution is 5.26. The highest BCUT2D eigenvalue weighted by atomic mass is 16.8. The van der Waals surface area contributed by atoms with E-state index >= 15 is 0 Å². The number of fused-ring (bicyclic) bond motifs is 1. The van der Waals surface area contributed by atoms with Gasteiger partial charge in [0.05, 0.1) is 26.4 Å². The van der Waals surface area contributed by atoms with Crippen molar-refractivity contribution in [3.63, 3.8) is 0 Å².